The molecule has 0 fully saturated rings. The summed E-state index contributed by atoms with van der Waals surface area (Å²) in [6, 6.07) is 7.89. The lowest BCUT2D eigenvalue weighted by molar-refractivity contribution is 0.0477. The monoisotopic (exact) mass is 379 g/mol. The zero-order valence-corrected chi connectivity index (χ0v) is 15.5. The van der Waals surface area contributed by atoms with Gasteiger partial charge in [-0.05, 0) is 42.4 Å². The van der Waals surface area contributed by atoms with Crippen molar-refractivity contribution in [1.29, 1.82) is 0 Å². The lowest BCUT2D eigenvalue weighted by atomic mass is 10.1. The maximum absolute atomic E-state index is 12.2. The molecule has 0 amide bonds. The molecule has 0 N–H and O–H groups in total. The van der Waals surface area contributed by atoms with Gasteiger partial charge in [0.15, 0.2) is 4.88 Å². The Labute approximate surface area is 152 Å². The fourth-order valence-electron chi connectivity index (χ4n) is 2.20. The van der Waals surface area contributed by atoms with Crippen LogP contribution in [0.1, 0.15) is 27.9 Å². The summed E-state index contributed by atoms with van der Waals surface area (Å²) in [6.07, 6.45) is 2.65. The Morgan fingerprint density at radius 1 is 1.38 bits per heavy atom. The lowest BCUT2D eigenvalue weighted by Gasteiger charge is -2.08. The summed E-state index contributed by atoms with van der Waals surface area (Å²) < 4.78 is 9.15. The maximum atomic E-state index is 12.2. The topological polar surface area (TPSA) is 65.0 Å². The highest BCUT2D eigenvalue weighted by Crippen LogP contribution is 2.25. The minimum atomic E-state index is -0.434. The van der Waals surface area contributed by atoms with Crippen LogP contribution in [0.5, 0.6) is 0 Å². The number of pyridine rings is 1. The van der Waals surface area contributed by atoms with Gasteiger partial charge in [0.05, 0.1) is 11.2 Å². The Bertz CT molecular complexity index is 898. The highest BCUT2D eigenvalue weighted by Gasteiger charge is 2.17. The van der Waals surface area contributed by atoms with Crippen molar-refractivity contribution < 1.29 is 9.53 Å². The SMILES string of the molecule is CCc1nnsc1C(=O)OCc1cc2ccc(SC)cc2nc1Cl. The van der Waals surface area contributed by atoms with Crippen LogP contribution >= 0.6 is 34.9 Å². The van der Waals surface area contributed by atoms with Gasteiger partial charge < -0.3 is 4.74 Å². The number of halogens is 1. The van der Waals surface area contributed by atoms with E-state index in [0.29, 0.717) is 27.7 Å². The van der Waals surface area contributed by atoms with Gasteiger partial charge in [-0.25, -0.2) is 9.78 Å². The van der Waals surface area contributed by atoms with E-state index in [2.05, 4.69) is 14.6 Å². The molecule has 0 aliphatic heterocycles. The molecule has 2 aromatic heterocycles. The van der Waals surface area contributed by atoms with Crippen molar-refractivity contribution in [2.24, 2.45) is 0 Å². The van der Waals surface area contributed by atoms with E-state index in [1.807, 2.05) is 37.4 Å². The molecular formula is C16H14ClN3O2S2. The van der Waals surface area contributed by atoms with Crippen LogP contribution in [0.2, 0.25) is 5.15 Å². The first-order valence-electron chi connectivity index (χ1n) is 7.24. The summed E-state index contributed by atoms with van der Waals surface area (Å²) in [5.74, 6) is -0.434. The van der Waals surface area contributed by atoms with E-state index in [1.165, 1.54) is 0 Å². The number of nitrogens with zero attached hydrogens (tertiary/aromatic N) is 3. The first-order valence-corrected chi connectivity index (χ1v) is 9.61. The van der Waals surface area contributed by atoms with Gasteiger partial charge in [-0.2, -0.15) is 0 Å². The number of benzene rings is 1. The number of ether oxygens (including phenoxy) is 1. The summed E-state index contributed by atoms with van der Waals surface area (Å²) in [5, 5.41) is 5.21. The number of esters is 1. The summed E-state index contributed by atoms with van der Waals surface area (Å²) in [7, 11) is 0. The van der Waals surface area contributed by atoms with Gasteiger partial charge in [0.1, 0.15) is 11.8 Å². The second kappa shape index (κ2) is 7.46. The molecule has 5 nitrogen and oxygen atoms in total. The Balaban J connectivity index is 1.80. The number of thioether (sulfide) groups is 1. The number of aryl methyl sites for hydroxylation is 1. The molecule has 2 heterocycles. The molecule has 0 spiro atoms. The second-order valence-electron chi connectivity index (χ2n) is 4.98. The van der Waals surface area contributed by atoms with Gasteiger partial charge in [-0.3, -0.25) is 0 Å². The zero-order chi connectivity index (χ0) is 17.1. The molecule has 0 atom stereocenters. The van der Waals surface area contributed by atoms with Crippen molar-refractivity contribution >= 4 is 51.8 Å². The maximum Gasteiger partial charge on any atom is 0.352 e. The van der Waals surface area contributed by atoms with E-state index < -0.39 is 5.97 Å². The minimum Gasteiger partial charge on any atom is -0.456 e. The Hall–Kier alpha value is -1.70. The van der Waals surface area contributed by atoms with Crippen LogP contribution in [0, 0.1) is 0 Å². The fourth-order valence-corrected chi connectivity index (χ4v) is 3.48. The van der Waals surface area contributed by atoms with Gasteiger partial charge in [0.2, 0.25) is 0 Å². The first kappa shape index (κ1) is 17.1. The number of carbonyl (C=O) groups is 1. The molecule has 3 rings (SSSR count). The van der Waals surface area contributed by atoms with E-state index in [0.717, 1.165) is 27.3 Å². The standard InChI is InChI=1S/C16H14ClN3O2S2/c1-3-12-14(24-20-19-12)16(21)22-8-10-6-9-4-5-11(23-2)7-13(9)18-15(10)17/h4-7H,3,8H2,1-2H3. The van der Waals surface area contributed by atoms with Gasteiger partial charge in [-0.1, -0.05) is 29.1 Å². The number of hydrogen-bond donors (Lipinski definition) is 0. The second-order valence-corrected chi connectivity index (χ2v) is 6.97. The van der Waals surface area contributed by atoms with E-state index in [4.69, 9.17) is 16.3 Å². The highest BCUT2D eigenvalue weighted by molar-refractivity contribution is 7.98. The predicted molar refractivity (Wildman–Crippen MR) is 96.9 cm³/mol. The summed E-state index contributed by atoms with van der Waals surface area (Å²) in [4.78, 5) is 18.1. The van der Waals surface area contributed by atoms with E-state index in [-0.39, 0.29) is 6.61 Å². The molecule has 0 radical (unpaired) electrons. The zero-order valence-electron chi connectivity index (χ0n) is 13.1. The van der Waals surface area contributed by atoms with Crippen LogP contribution in [-0.2, 0) is 17.8 Å². The number of aromatic nitrogens is 3. The van der Waals surface area contributed by atoms with Gasteiger partial charge in [0, 0.05) is 15.8 Å². The summed E-state index contributed by atoms with van der Waals surface area (Å²) in [5.41, 5.74) is 2.14. The van der Waals surface area contributed by atoms with Crippen molar-refractivity contribution in [2.75, 3.05) is 6.26 Å². The van der Waals surface area contributed by atoms with Crippen molar-refractivity contribution in [3.8, 4) is 0 Å². The third-order valence-corrected chi connectivity index (χ3v) is 5.29. The fraction of sp³-hybridized carbons (Fsp3) is 0.250. The van der Waals surface area contributed by atoms with Gasteiger partial charge in [-0.15, -0.1) is 16.9 Å². The molecular weight excluding hydrogens is 366 g/mol. The quantitative estimate of drug-likeness (QED) is 0.372. The van der Waals surface area contributed by atoms with Crippen LogP contribution in [0.4, 0.5) is 0 Å². The Kier molecular flexibility index (Phi) is 5.33. The molecule has 3 aromatic rings. The van der Waals surface area contributed by atoms with Crippen molar-refractivity contribution in [3.63, 3.8) is 0 Å². The molecule has 1 aromatic carbocycles. The molecule has 0 saturated heterocycles. The molecule has 0 aliphatic rings. The average molecular weight is 380 g/mol. The van der Waals surface area contributed by atoms with E-state index in [9.17, 15) is 4.79 Å². The number of fused-ring (bicyclic) bond motifs is 1. The summed E-state index contributed by atoms with van der Waals surface area (Å²) >= 11 is 8.92. The molecule has 0 bridgehead atoms. The third kappa shape index (κ3) is 3.53. The van der Waals surface area contributed by atoms with Crippen LogP contribution in [0.25, 0.3) is 10.9 Å². The molecule has 8 heteroatoms. The first-order chi connectivity index (χ1) is 11.6. The molecule has 0 unspecified atom stereocenters. The van der Waals surface area contributed by atoms with Crippen molar-refractivity contribution in [3.05, 3.63) is 45.6 Å². The average Bonchev–Trinajstić information content (AvgIpc) is 3.08. The molecule has 24 heavy (non-hydrogen) atoms. The third-order valence-electron chi connectivity index (χ3n) is 3.49. The normalized spacial score (nSPS) is 11.0. The Morgan fingerprint density at radius 3 is 2.96 bits per heavy atom. The molecule has 0 saturated carbocycles. The summed E-state index contributed by atoms with van der Waals surface area (Å²) in [6.45, 7) is 1.98. The smallest absolute Gasteiger partial charge is 0.352 e. The Morgan fingerprint density at radius 2 is 2.21 bits per heavy atom. The van der Waals surface area contributed by atoms with Crippen LogP contribution in [-0.4, -0.2) is 26.8 Å². The van der Waals surface area contributed by atoms with Crippen LogP contribution in [0.3, 0.4) is 0 Å². The lowest BCUT2D eigenvalue weighted by Crippen LogP contribution is -2.06. The van der Waals surface area contributed by atoms with Gasteiger partial charge >= 0.3 is 5.97 Å². The van der Waals surface area contributed by atoms with Crippen molar-refractivity contribution in [1.82, 2.24) is 14.6 Å². The number of hydrogen-bond acceptors (Lipinski definition) is 7. The van der Waals surface area contributed by atoms with E-state index in [1.54, 1.807) is 11.8 Å². The van der Waals surface area contributed by atoms with Crippen molar-refractivity contribution in [2.45, 2.75) is 24.8 Å². The minimum absolute atomic E-state index is 0.0614. The highest BCUT2D eigenvalue weighted by atomic mass is 35.5. The van der Waals surface area contributed by atoms with E-state index >= 15 is 0 Å². The number of rotatable bonds is 5. The molecule has 0 aliphatic carbocycles. The largest absolute Gasteiger partial charge is 0.456 e. The predicted octanol–water partition coefficient (Wildman–Crippen LogP) is 4.38. The molecule has 124 valence electrons. The van der Waals surface area contributed by atoms with Crippen LogP contribution in [0.15, 0.2) is 29.2 Å². The number of carbonyl (C=O) groups excluding carboxylic acids is 1. The van der Waals surface area contributed by atoms with Gasteiger partial charge in [0.25, 0.3) is 0 Å². The van der Waals surface area contributed by atoms with Crippen LogP contribution < -0.4 is 0 Å².